The summed E-state index contributed by atoms with van der Waals surface area (Å²) in [5.41, 5.74) is 8.78. The van der Waals surface area contributed by atoms with Crippen LogP contribution in [0.4, 0.5) is 0 Å². The topological polar surface area (TPSA) is 48.8 Å². The van der Waals surface area contributed by atoms with Crippen molar-refractivity contribution in [3.8, 4) is 22.9 Å². The highest BCUT2D eigenvalue weighted by Crippen LogP contribution is 2.40. The molecule has 4 aromatic heterocycles. The van der Waals surface area contributed by atoms with Crippen LogP contribution in [0.3, 0.4) is 0 Å². The zero-order valence-electron chi connectivity index (χ0n) is 26.2. The van der Waals surface area contributed by atoms with Crippen LogP contribution in [-0.2, 0) is 0 Å². The highest BCUT2D eigenvalue weighted by Gasteiger charge is 2.23. The summed E-state index contributed by atoms with van der Waals surface area (Å²) in [5, 5.41) is 8.04. The van der Waals surface area contributed by atoms with E-state index in [0.29, 0.717) is 11.4 Å². The summed E-state index contributed by atoms with van der Waals surface area (Å²) >= 11 is 0. The second-order valence-electron chi connectivity index (χ2n) is 12.6. The Balaban J connectivity index is 1.24. The van der Waals surface area contributed by atoms with Crippen molar-refractivity contribution in [1.82, 2.24) is 19.1 Å². The Labute approximate surface area is 279 Å². The molecule has 0 saturated heterocycles. The zero-order valence-corrected chi connectivity index (χ0v) is 26.2. The van der Waals surface area contributed by atoms with Crippen LogP contribution in [0.5, 0.6) is 0 Å². The molecule has 0 radical (unpaired) electrons. The number of hydrogen-bond donors (Lipinski definition) is 0. The van der Waals surface area contributed by atoms with Gasteiger partial charge in [-0.15, -0.1) is 0 Å². The van der Waals surface area contributed by atoms with Crippen LogP contribution >= 0.6 is 0 Å². The van der Waals surface area contributed by atoms with E-state index >= 15 is 0 Å². The molecular weight excluding hydrogens is 601 g/mol. The van der Waals surface area contributed by atoms with Gasteiger partial charge in [0.25, 0.3) is 0 Å². The minimum absolute atomic E-state index is 0.652. The molecule has 11 aromatic rings. The largest absolute Gasteiger partial charge is 0.450 e. The molecule has 0 spiro atoms. The predicted octanol–water partition coefficient (Wildman–Crippen LogP) is 11.4. The Morgan fingerprint density at radius 3 is 1.84 bits per heavy atom. The molecular formula is C44H26N4O. The monoisotopic (exact) mass is 626 g/mol. The molecule has 0 N–H and O–H groups in total. The van der Waals surface area contributed by atoms with Gasteiger partial charge in [-0.3, -0.25) is 4.57 Å². The molecule has 11 rings (SSSR count). The smallest absolute Gasteiger partial charge is 0.197 e. The van der Waals surface area contributed by atoms with Crippen molar-refractivity contribution in [2.24, 2.45) is 0 Å². The molecule has 0 amide bonds. The molecule has 49 heavy (non-hydrogen) atoms. The molecule has 0 aliphatic carbocycles. The van der Waals surface area contributed by atoms with Gasteiger partial charge in [0.1, 0.15) is 11.1 Å². The molecule has 0 saturated carbocycles. The van der Waals surface area contributed by atoms with E-state index in [2.05, 4.69) is 149 Å². The Kier molecular flexibility index (Phi) is 5.32. The van der Waals surface area contributed by atoms with Gasteiger partial charge in [-0.05, 0) is 77.5 Å². The van der Waals surface area contributed by atoms with E-state index in [-0.39, 0.29) is 0 Å². The minimum atomic E-state index is 0.652. The third kappa shape index (κ3) is 3.75. The quantitative estimate of drug-likeness (QED) is 0.196. The summed E-state index contributed by atoms with van der Waals surface area (Å²) in [6.45, 7) is 0. The fourth-order valence-corrected chi connectivity index (χ4v) is 7.71. The van der Waals surface area contributed by atoms with Crippen LogP contribution in [0.1, 0.15) is 0 Å². The summed E-state index contributed by atoms with van der Waals surface area (Å²) in [6.07, 6.45) is 0. The van der Waals surface area contributed by atoms with Crippen molar-refractivity contribution >= 4 is 76.5 Å². The van der Waals surface area contributed by atoms with E-state index in [9.17, 15) is 0 Å². The fourth-order valence-electron chi connectivity index (χ4n) is 7.71. The molecule has 5 heteroatoms. The molecule has 0 unspecified atom stereocenters. The van der Waals surface area contributed by atoms with E-state index in [4.69, 9.17) is 14.4 Å². The Hall–Kier alpha value is -6.72. The number of fused-ring (bicyclic) bond motifs is 10. The average Bonchev–Trinajstić information content (AvgIpc) is 3.81. The summed E-state index contributed by atoms with van der Waals surface area (Å²) in [7, 11) is 0. The van der Waals surface area contributed by atoms with Gasteiger partial charge in [0.05, 0.1) is 22.1 Å². The van der Waals surface area contributed by atoms with Crippen molar-refractivity contribution in [1.29, 1.82) is 0 Å². The lowest BCUT2D eigenvalue weighted by Crippen LogP contribution is -2.02. The van der Waals surface area contributed by atoms with Crippen LogP contribution in [0.2, 0.25) is 0 Å². The van der Waals surface area contributed by atoms with E-state index in [1.807, 2.05) is 18.2 Å². The number of rotatable bonds is 3. The molecule has 4 heterocycles. The first-order valence-electron chi connectivity index (χ1n) is 16.5. The summed E-state index contributed by atoms with van der Waals surface area (Å²) < 4.78 is 11.2. The van der Waals surface area contributed by atoms with Gasteiger partial charge in [0.15, 0.2) is 17.2 Å². The second-order valence-corrected chi connectivity index (χ2v) is 12.6. The van der Waals surface area contributed by atoms with Gasteiger partial charge in [-0.25, -0.2) is 9.97 Å². The molecule has 0 aliphatic heterocycles. The minimum Gasteiger partial charge on any atom is -0.450 e. The van der Waals surface area contributed by atoms with Crippen LogP contribution in [0, 0.1) is 0 Å². The van der Waals surface area contributed by atoms with Crippen LogP contribution in [-0.4, -0.2) is 19.1 Å². The highest BCUT2D eigenvalue weighted by molar-refractivity contribution is 6.15. The number of aromatic nitrogens is 4. The van der Waals surface area contributed by atoms with Crippen molar-refractivity contribution in [3.63, 3.8) is 0 Å². The van der Waals surface area contributed by atoms with Crippen molar-refractivity contribution in [2.45, 2.75) is 0 Å². The van der Waals surface area contributed by atoms with Crippen molar-refractivity contribution < 1.29 is 4.42 Å². The van der Waals surface area contributed by atoms with Crippen molar-refractivity contribution in [2.75, 3.05) is 0 Å². The normalized spacial score (nSPS) is 12.1. The Morgan fingerprint density at radius 2 is 1.04 bits per heavy atom. The Bertz CT molecular complexity index is 3110. The number of para-hydroxylation sites is 4. The number of benzene rings is 7. The van der Waals surface area contributed by atoms with Gasteiger partial charge in [0.2, 0.25) is 0 Å². The van der Waals surface area contributed by atoms with E-state index < -0.39 is 0 Å². The standard InChI is InChI=1S/C44H26N4O/c1-2-14-30(15-3-1)47-36-19-9-6-16-31(36)34-25-29(22-23-38(34)47)43-45-41-33-18-8-11-21-40(33)49-42(41)44(46-43)48-37-20-10-7-17-32(37)35-24-27-12-4-5-13-28(27)26-39(35)48/h1-26H. The van der Waals surface area contributed by atoms with Gasteiger partial charge in [-0.1, -0.05) is 91.0 Å². The first kappa shape index (κ1) is 26.4. The van der Waals surface area contributed by atoms with E-state index in [1.165, 1.54) is 26.9 Å². The molecule has 0 atom stereocenters. The number of hydrogen-bond acceptors (Lipinski definition) is 3. The van der Waals surface area contributed by atoms with E-state index in [0.717, 1.165) is 61.0 Å². The third-order valence-corrected chi connectivity index (χ3v) is 9.90. The molecule has 228 valence electrons. The Morgan fingerprint density at radius 1 is 0.429 bits per heavy atom. The summed E-state index contributed by atoms with van der Waals surface area (Å²) in [6, 6.07) is 55.5. The molecule has 0 bridgehead atoms. The summed E-state index contributed by atoms with van der Waals surface area (Å²) in [5.74, 6) is 1.38. The van der Waals surface area contributed by atoms with Crippen LogP contribution in [0.15, 0.2) is 162 Å². The first-order chi connectivity index (χ1) is 24.3. The number of nitrogens with zero attached hydrogens (tertiary/aromatic N) is 4. The molecule has 0 aliphatic rings. The third-order valence-electron chi connectivity index (χ3n) is 9.90. The number of furan rings is 1. The van der Waals surface area contributed by atoms with E-state index in [1.54, 1.807) is 0 Å². The highest BCUT2D eigenvalue weighted by atomic mass is 16.3. The molecule has 0 fully saturated rings. The summed E-state index contributed by atoms with van der Waals surface area (Å²) in [4.78, 5) is 10.6. The first-order valence-corrected chi connectivity index (χ1v) is 16.5. The van der Waals surface area contributed by atoms with Gasteiger partial charge >= 0.3 is 0 Å². The van der Waals surface area contributed by atoms with Crippen LogP contribution in [0.25, 0.3) is 99.3 Å². The van der Waals surface area contributed by atoms with Gasteiger partial charge in [-0.2, -0.15) is 0 Å². The fraction of sp³-hybridized carbons (Fsp3) is 0. The zero-order chi connectivity index (χ0) is 32.1. The van der Waals surface area contributed by atoms with Gasteiger partial charge < -0.3 is 8.98 Å². The SMILES string of the molecule is c1ccc(-n2c3ccccc3c3cc(-c4nc(-n5c6ccccc6c6cc7ccccc7cc65)c5oc6ccccc6c5n4)ccc32)cc1. The maximum atomic E-state index is 6.61. The average molecular weight is 627 g/mol. The van der Waals surface area contributed by atoms with Crippen LogP contribution < -0.4 is 0 Å². The maximum absolute atomic E-state index is 6.61. The molecule has 7 aromatic carbocycles. The maximum Gasteiger partial charge on any atom is 0.197 e. The van der Waals surface area contributed by atoms with Gasteiger partial charge in [0, 0.05) is 38.2 Å². The lowest BCUT2D eigenvalue weighted by atomic mass is 10.1. The predicted molar refractivity (Wildman–Crippen MR) is 201 cm³/mol. The lowest BCUT2D eigenvalue weighted by molar-refractivity contribution is 0.662. The lowest BCUT2D eigenvalue weighted by Gasteiger charge is -2.11. The molecule has 5 nitrogen and oxygen atoms in total. The second kappa shape index (κ2) is 9.89. The van der Waals surface area contributed by atoms with Crippen molar-refractivity contribution in [3.05, 3.63) is 158 Å².